The van der Waals surface area contributed by atoms with Crippen molar-refractivity contribution in [3.8, 4) is 0 Å². The van der Waals surface area contributed by atoms with Crippen molar-refractivity contribution in [1.82, 2.24) is 24.3 Å². The maximum atomic E-state index is 12.5. The van der Waals surface area contributed by atoms with E-state index < -0.39 is 34.1 Å². The molecular weight excluding hydrogens is 484 g/mol. The number of nitrogens with zero attached hydrogens (tertiary/aromatic N) is 5. The molecule has 2 aromatic rings. The average molecular weight is 503 g/mol. The number of likely N-dealkylation sites (tertiary alicyclic amines) is 1. The zero-order valence-electron chi connectivity index (χ0n) is 16.9. The predicted molar refractivity (Wildman–Crippen MR) is 116 cm³/mol. The Morgan fingerprint density at radius 1 is 1.44 bits per heavy atom. The lowest BCUT2D eigenvalue weighted by atomic mass is 10.1. The molecule has 0 unspecified atom stereocenters. The molecule has 0 aromatic carbocycles. The highest BCUT2D eigenvalue weighted by Gasteiger charge is 2.44. The van der Waals surface area contributed by atoms with Gasteiger partial charge in [-0.3, -0.25) is 14.5 Å². The summed E-state index contributed by atoms with van der Waals surface area (Å²) in [5.41, 5.74) is 5.50. The van der Waals surface area contributed by atoms with E-state index in [2.05, 4.69) is 24.7 Å². The second-order valence-corrected chi connectivity index (χ2v) is 9.94. The lowest BCUT2D eigenvalue weighted by Gasteiger charge is -2.36. The smallest absolute Gasteiger partial charge is 0.339 e. The van der Waals surface area contributed by atoms with Crippen LogP contribution < -0.4 is 20.1 Å². The van der Waals surface area contributed by atoms with E-state index in [1.54, 1.807) is 11.6 Å². The number of carbonyl (C=O) groups is 3. The number of urea groups is 1. The van der Waals surface area contributed by atoms with E-state index in [1.807, 2.05) is 0 Å². The fraction of sp³-hybridized carbons (Fsp3) is 0.333. The van der Waals surface area contributed by atoms with Gasteiger partial charge in [0.25, 0.3) is 11.8 Å². The van der Waals surface area contributed by atoms with Gasteiger partial charge in [0.2, 0.25) is 0 Å². The number of nitrogens with two attached hydrogens (primary N) is 1. The summed E-state index contributed by atoms with van der Waals surface area (Å²) in [5, 5.41) is 7.68. The topological polar surface area (TPSA) is 189 Å². The second-order valence-electron chi connectivity index (χ2n) is 6.34. The number of nitrogens with one attached hydrogen (secondary N) is 2. The summed E-state index contributed by atoms with van der Waals surface area (Å²) in [6, 6.07) is -0.686. The SMILES string of the molecule is CO/N=C(\C(=O)N[C@H]1CN(C(=O)NS(=O)(=O)N(C)c2cc(C)sn2)C1=O)c1csc(N)n1. The first-order valence-electron chi connectivity index (χ1n) is 8.72. The molecule has 1 saturated heterocycles. The van der Waals surface area contributed by atoms with Gasteiger partial charge in [-0.1, -0.05) is 5.16 Å². The van der Waals surface area contributed by atoms with Crippen LogP contribution in [0.15, 0.2) is 16.6 Å². The van der Waals surface area contributed by atoms with Crippen LogP contribution in [-0.4, -0.2) is 73.0 Å². The van der Waals surface area contributed by atoms with Crippen LogP contribution in [0.5, 0.6) is 0 Å². The molecule has 0 aliphatic carbocycles. The van der Waals surface area contributed by atoms with E-state index >= 15 is 0 Å². The highest BCUT2D eigenvalue weighted by molar-refractivity contribution is 7.91. The number of nitrogen functional groups attached to an aromatic ring is 1. The van der Waals surface area contributed by atoms with Crippen molar-refractivity contribution in [2.45, 2.75) is 13.0 Å². The molecule has 32 heavy (non-hydrogen) atoms. The Balaban J connectivity index is 1.60. The fourth-order valence-electron chi connectivity index (χ4n) is 2.49. The van der Waals surface area contributed by atoms with Crippen LogP contribution >= 0.6 is 22.9 Å². The molecule has 0 radical (unpaired) electrons. The van der Waals surface area contributed by atoms with Crippen molar-refractivity contribution in [3.05, 3.63) is 22.0 Å². The number of aromatic nitrogens is 2. The van der Waals surface area contributed by atoms with E-state index in [1.165, 1.54) is 25.6 Å². The van der Waals surface area contributed by atoms with Crippen molar-refractivity contribution in [2.24, 2.45) is 5.16 Å². The number of rotatable bonds is 7. The Morgan fingerprint density at radius 3 is 2.69 bits per heavy atom. The molecular formula is C15H18N8O6S3. The third-order valence-corrected chi connectivity index (χ3v) is 6.86. The molecule has 1 fully saturated rings. The first-order chi connectivity index (χ1) is 15.0. The summed E-state index contributed by atoms with van der Waals surface area (Å²) in [7, 11) is -1.85. The number of carbonyl (C=O) groups excluding carboxylic acids is 3. The van der Waals surface area contributed by atoms with Crippen LogP contribution in [0.2, 0.25) is 0 Å². The van der Waals surface area contributed by atoms with Crippen molar-refractivity contribution >= 4 is 67.6 Å². The standard InChI is InChI=1S/C15H18N8O6S3/c1-7-4-10(20-31-7)22(2)32(27,28)21-15(26)23-5-8(13(23)25)17-12(24)11(19-29-3)9-6-30-14(16)18-9/h4,6,8H,5H2,1-3H3,(H2,16,18)(H,17,24)(H,21,26)/b19-11-/t8-/m0/s1. The van der Waals surface area contributed by atoms with Crippen LogP contribution in [0.25, 0.3) is 0 Å². The minimum atomic E-state index is -4.30. The summed E-state index contributed by atoms with van der Waals surface area (Å²) in [4.78, 5) is 47.1. The van der Waals surface area contributed by atoms with Gasteiger partial charge in [0, 0.05) is 17.3 Å². The third kappa shape index (κ3) is 4.78. The number of amides is 4. The van der Waals surface area contributed by atoms with E-state index in [4.69, 9.17) is 5.73 Å². The van der Waals surface area contributed by atoms with Gasteiger partial charge in [0.1, 0.15) is 18.8 Å². The highest BCUT2D eigenvalue weighted by atomic mass is 32.2. The van der Waals surface area contributed by atoms with Gasteiger partial charge in [-0.15, -0.1) is 11.3 Å². The zero-order valence-corrected chi connectivity index (χ0v) is 19.4. The van der Waals surface area contributed by atoms with Gasteiger partial charge in [0.05, 0.1) is 6.54 Å². The predicted octanol–water partition coefficient (Wildman–Crippen LogP) is -0.741. The molecule has 4 amide bonds. The Kier molecular flexibility index (Phi) is 6.60. The van der Waals surface area contributed by atoms with Gasteiger partial charge < -0.3 is 15.9 Å². The Morgan fingerprint density at radius 2 is 2.16 bits per heavy atom. The summed E-state index contributed by atoms with van der Waals surface area (Å²) in [6.07, 6.45) is 0. The lowest BCUT2D eigenvalue weighted by molar-refractivity contribution is -0.141. The van der Waals surface area contributed by atoms with Gasteiger partial charge >= 0.3 is 16.2 Å². The molecule has 172 valence electrons. The minimum absolute atomic E-state index is 0.125. The maximum absolute atomic E-state index is 12.5. The first-order valence-corrected chi connectivity index (χ1v) is 11.8. The number of aryl methyl sites for hydroxylation is 1. The van der Waals surface area contributed by atoms with Gasteiger partial charge in [-0.2, -0.15) is 12.8 Å². The average Bonchev–Trinajstić information content (AvgIpc) is 3.35. The summed E-state index contributed by atoms with van der Waals surface area (Å²) in [5.74, 6) is -1.45. The molecule has 2 aromatic heterocycles. The molecule has 1 aliphatic rings. The van der Waals surface area contributed by atoms with Crippen molar-refractivity contribution in [2.75, 3.05) is 30.7 Å². The Labute approximate surface area is 190 Å². The number of anilines is 2. The Hall–Kier alpha value is -3.31. The fourth-order valence-corrected chi connectivity index (χ4v) is 4.47. The Bertz CT molecular complexity index is 1190. The van der Waals surface area contributed by atoms with Crippen LogP contribution in [-0.2, 0) is 24.6 Å². The van der Waals surface area contributed by atoms with Crippen LogP contribution in [0.4, 0.5) is 15.7 Å². The quantitative estimate of drug-likeness (QED) is 0.249. The number of thiazole rings is 1. The summed E-state index contributed by atoms with van der Waals surface area (Å²) < 4.78 is 31.3. The van der Waals surface area contributed by atoms with E-state index in [9.17, 15) is 22.8 Å². The van der Waals surface area contributed by atoms with E-state index in [0.717, 1.165) is 32.1 Å². The zero-order chi connectivity index (χ0) is 23.6. The number of β-lactam (4-membered cyclic amide) rings is 1. The molecule has 1 aliphatic heterocycles. The number of imide groups is 1. The van der Waals surface area contributed by atoms with Crippen LogP contribution in [0.1, 0.15) is 10.6 Å². The first kappa shape index (κ1) is 23.4. The third-order valence-electron chi connectivity index (χ3n) is 4.16. The monoisotopic (exact) mass is 502 g/mol. The van der Waals surface area contributed by atoms with E-state index in [0.29, 0.717) is 4.90 Å². The summed E-state index contributed by atoms with van der Waals surface area (Å²) >= 11 is 2.18. The summed E-state index contributed by atoms with van der Waals surface area (Å²) in [6.45, 7) is 1.50. The molecule has 3 rings (SSSR count). The van der Waals surface area contributed by atoms with Crippen molar-refractivity contribution < 1.29 is 27.6 Å². The minimum Gasteiger partial charge on any atom is -0.398 e. The highest BCUT2D eigenvalue weighted by Crippen LogP contribution is 2.19. The number of oxime groups is 1. The van der Waals surface area contributed by atoms with Crippen LogP contribution in [0, 0.1) is 6.92 Å². The van der Waals surface area contributed by atoms with Gasteiger partial charge in [-0.05, 0) is 24.5 Å². The second kappa shape index (κ2) is 9.05. The van der Waals surface area contributed by atoms with Crippen LogP contribution in [0.3, 0.4) is 0 Å². The lowest BCUT2D eigenvalue weighted by Crippen LogP contribution is -2.68. The maximum Gasteiger partial charge on any atom is 0.339 e. The van der Waals surface area contributed by atoms with Crippen molar-refractivity contribution in [1.29, 1.82) is 0 Å². The van der Waals surface area contributed by atoms with Gasteiger partial charge in [-0.25, -0.2) is 18.8 Å². The number of hydrogen-bond acceptors (Lipinski definition) is 12. The molecule has 4 N–H and O–H groups in total. The molecule has 0 bridgehead atoms. The molecule has 0 spiro atoms. The van der Waals surface area contributed by atoms with E-state index in [-0.39, 0.29) is 28.9 Å². The molecule has 17 heteroatoms. The van der Waals surface area contributed by atoms with Crippen molar-refractivity contribution in [3.63, 3.8) is 0 Å². The molecule has 14 nitrogen and oxygen atoms in total. The molecule has 0 saturated carbocycles. The largest absolute Gasteiger partial charge is 0.398 e. The molecule has 3 heterocycles. The number of hydrogen-bond donors (Lipinski definition) is 3. The normalized spacial score (nSPS) is 16.3. The molecule has 1 atom stereocenters. The van der Waals surface area contributed by atoms with Gasteiger partial charge in [0.15, 0.2) is 16.7 Å².